The third kappa shape index (κ3) is 3.76. The van der Waals surface area contributed by atoms with Gasteiger partial charge in [-0.3, -0.25) is 15.4 Å². The van der Waals surface area contributed by atoms with E-state index in [1.165, 1.54) is 5.56 Å². The summed E-state index contributed by atoms with van der Waals surface area (Å²) in [5, 5.41) is 12.6. The van der Waals surface area contributed by atoms with E-state index in [9.17, 15) is 4.79 Å². The van der Waals surface area contributed by atoms with Crippen molar-refractivity contribution in [3.63, 3.8) is 0 Å². The van der Waals surface area contributed by atoms with Gasteiger partial charge in [-0.15, -0.1) is 0 Å². The van der Waals surface area contributed by atoms with Gasteiger partial charge < -0.3 is 16.0 Å². The number of primary amides is 1. The zero-order valence-electron chi connectivity index (χ0n) is 16.9. The molecule has 0 saturated carbocycles. The molecule has 7 heteroatoms. The Morgan fingerprint density at radius 1 is 1.13 bits per heavy atom. The smallest absolute Gasteiger partial charge is 0.249 e. The van der Waals surface area contributed by atoms with E-state index >= 15 is 0 Å². The Labute approximate surface area is 180 Å². The summed E-state index contributed by atoms with van der Waals surface area (Å²) in [4.78, 5) is 19.8. The summed E-state index contributed by atoms with van der Waals surface area (Å²) in [6, 6.07) is 15.9. The Hall–Kier alpha value is -3.68. The average Bonchev–Trinajstić information content (AvgIpc) is 3.08. The molecule has 31 heavy (non-hydrogen) atoms. The van der Waals surface area contributed by atoms with Gasteiger partial charge in [0.2, 0.25) is 5.91 Å². The van der Waals surface area contributed by atoms with Crippen LogP contribution in [0.2, 0.25) is 0 Å². The highest BCUT2D eigenvalue weighted by Gasteiger charge is 2.30. The van der Waals surface area contributed by atoms with Crippen LogP contribution in [0.25, 0.3) is 10.8 Å². The molecule has 0 fully saturated rings. The van der Waals surface area contributed by atoms with Crippen molar-refractivity contribution in [3.8, 4) is 0 Å². The van der Waals surface area contributed by atoms with E-state index in [0.29, 0.717) is 5.56 Å². The topological polar surface area (TPSA) is 107 Å². The fourth-order valence-electron chi connectivity index (χ4n) is 4.17. The predicted molar refractivity (Wildman–Crippen MR) is 122 cm³/mol. The number of aromatic amines is 1. The molecule has 2 unspecified atom stereocenters. The van der Waals surface area contributed by atoms with Gasteiger partial charge in [-0.2, -0.15) is 0 Å². The van der Waals surface area contributed by atoms with E-state index in [1.807, 2.05) is 48.8 Å². The SMILES string of the molecule is NC(=O)c1cccc2c(C3NC4=C(CC=CC=N4)C(NCc4ccccc4)N3)[nH]cc12. The van der Waals surface area contributed by atoms with Gasteiger partial charge in [0.15, 0.2) is 0 Å². The van der Waals surface area contributed by atoms with Crippen LogP contribution in [0.15, 0.2) is 83.3 Å². The molecule has 0 radical (unpaired) electrons. The van der Waals surface area contributed by atoms with Crippen LogP contribution >= 0.6 is 0 Å². The first-order chi connectivity index (χ1) is 15.2. The number of aromatic nitrogens is 1. The number of amides is 1. The maximum absolute atomic E-state index is 11.8. The van der Waals surface area contributed by atoms with Crippen LogP contribution in [-0.4, -0.2) is 23.3 Å². The van der Waals surface area contributed by atoms with Crippen LogP contribution in [0.5, 0.6) is 0 Å². The predicted octanol–water partition coefficient (Wildman–Crippen LogP) is 2.82. The molecule has 2 atom stereocenters. The highest BCUT2D eigenvalue weighted by atomic mass is 16.1. The maximum atomic E-state index is 11.8. The van der Waals surface area contributed by atoms with Gasteiger partial charge in [0.25, 0.3) is 0 Å². The second-order valence-electron chi connectivity index (χ2n) is 7.66. The number of benzene rings is 2. The van der Waals surface area contributed by atoms with Gasteiger partial charge in [-0.05, 0) is 24.1 Å². The number of H-pyrrole nitrogens is 1. The lowest BCUT2D eigenvalue weighted by molar-refractivity contribution is 0.100. The minimum atomic E-state index is -0.437. The van der Waals surface area contributed by atoms with Crippen molar-refractivity contribution in [2.75, 3.05) is 0 Å². The number of carbonyl (C=O) groups is 1. The Balaban J connectivity index is 1.48. The second kappa shape index (κ2) is 8.22. The van der Waals surface area contributed by atoms with Crippen LogP contribution < -0.4 is 21.7 Å². The number of fused-ring (bicyclic) bond motifs is 1. The lowest BCUT2D eigenvalue weighted by atomic mass is 10.0. The molecule has 7 nitrogen and oxygen atoms in total. The number of allylic oxidation sites excluding steroid dienone is 2. The van der Waals surface area contributed by atoms with Crippen LogP contribution in [0.3, 0.4) is 0 Å². The molecule has 6 N–H and O–H groups in total. The third-order valence-electron chi connectivity index (χ3n) is 5.71. The number of nitrogens with one attached hydrogen (secondary N) is 4. The second-order valence-corrected chi connectivity index (χ2v) is 7.66. The summed E-state index contributed by atoms with van der Waals surface area (Å²) in [5.74, 6) is 0.417. The van der Waals surface area contributed by atoms with Gasteiger partial charge in [-0.25, -0.2) is 4.99 Å². The van der Waals surface area contributed by atoms with Crippen LogP contribution in [0, 0.1) is 0 Å². The largest absolute Gasteiger partial charge is 0.366 e. The molecule has 0 aliphatic carbocycles. The molecule has 0 bridgehead atoms. The van der Waals surface area contributed by atoms with Gasteiger partial charge in [-0.1, -0.05) is 48.5 Å². The molecule has 0 saturated heterocycles. The molecule has 5 rings (SSSR count). The van der Waals surface area contributed by atoms with Crippen molar-refractivity contribution in [3.05, 3.63) is 95.1 Å². The summed E-state index contributed by atoms with van der Waals surface area (Å²) in [5.41, 5.74) is 9.37. The molecule has 3 heterocycles. The van der Waals surface area contributed by atoms with Crippen LogP contribution in [0.1, 0.15) is 34.2 Å². The first-order valence-corrected chi connectivity index (χ1v) is 10.3. The van der Waals surface area contributed by atoms with Crippen molar-refractivity contribution < 1.29 is 4.79 Å². The van der Waals surface area contributed by atoms with Gasteiger partial charge in [0, 0.05) is 40.9 Å². The van der Waals surface area contributed by atoms with E-state index in [-0.39, 0.29) is 12.3 Å². The van der Waals surface area contributed by atoms with Crippen molar-refractivity contribution in [2.24, 2.45) is 10.7 Å². The highest BCUT2D eigenvalue weighted by Crippen LogP contribution is 2.30. The highest BCUT2D eigenvalue weighted by molar-refractivity contribution is 6.07. The molecule has 3 aromatic rings. The van der Waals surface area contributed by atoms with Crippen molar-refractivity contribution in [2.45, 2.75) is 25.3 Å². The number of nitrogens with two attached hydrogens (primary N) is 1. The number of hydrogen-bond acceptors (Lipinski definition) is 5. The monoisotopic (exact) mass is 412 g/mol. The Bertz CT molecular complexity index is 1210. The fourth-order valence-corrected chi connectivity index (χ4v) is 4.17. The quantitative estimate of drug-likeness (QED) is 0.444. The van der Waals surface area contributed by atoms with Crippen molar-refractivity contribution in [1.82, 2.24) is 20.9 Å². The normalized spacial score (nSPS) is 20.4. The lowest BCUT2D eigenvalue weighted by Crippen LogP contribution is -2.53. The minimum Gasteiger partial charge on any atom is -0.366 e. The first-order valence-electron chi connectivity index (χ1n) is 10.3. The average molecular weight is 412 g/mol. The Morgan fingerprint density at radius 2 is 2.00 bits per heavy atom. The zero-order valence-corrected chi connectivity index (χ0v) is 16.9. The third-order valence-corrected chi connectivity index (χ3v) is 5.71. The number of hydrogen-bond donors (Lipinski definition) is 5. The molecule has 2 aliphatic heterocycles. The Morgan fingerprint density at radius 3 is 2.84 bits per heavy atom. The summed E-state index contributed by atoms with van der Waals surface area (Å²) < 4.78 is 0. The van der Waals surface area contributed by atoms with E-state index in [4.69, 9.17) is 5.73 Å². The van der Waals surface area contributed by atoms with E-state index < -0.39 is 5.91 Å². The molecule has 1 aromatic heterocycles. The zero-order chi connectivity index (χ0) is 21.2. The van der Waals surface area contributed by atoms with Gasteiger partial charge in [0.05, 0.1) is 11.9 Å². The minimum absolute atomic E-state index is 0.0703. The maximum Gasteiger partial charge on any atom is 0.249 e. The van der Waals surface area contributed by atoms with E-state index in [0.717, 1.165) is 40.8 Å². The van der Waals surface area contributed by atoms with Crippen LogP contribution in [-0.2, 0) is 6.54 Å². The summed E-state index contributed by atoms with van der Waals surface area (Å²) in [6.45, 7) is 0.729. The number of nitrogens with zero attached hydrogens (tertiary/aromatic N) is 1. The molecule has 156 valence electrons. The van der Waals surface area contributed by atoms with E-state index in [1.54, 1.807) is 6.07 Å². The summed E-state index contributed by atoms with van der Waals surface area (Å²) in [6.07, 6.45) is 8.22. The Kier molecular flexibility index (Phi) is 5.11. The number of aliphatic imine (C=N–C) groups is 1. The number of carbonyl (C=O) groups excluding carboxylic acids is 1. The molecule has 0 spiro atoms. The summed E-state index contributed by atoms with van der Waals surface area (Å²) >= 11 is 0. The molecule has 1 amide bonds. The van der Waals surface area contributed by atoms with Crippen molar-refractivity contribution >= 4 is 22.9 Å². The standard InChI is InChI=1S/C24H24N6O/c25-21(31)17-11-6-10-16-19(17)14-27-20(16)24-29-22-18(9-4-5-12-26-22)23(30-24)28-13-15-7-2-1-3-8-15/h1-8,10-12,14,23-24,27-30H,9,13H2,(H2,25,31). The molecular formula is C24H24N6O. The van der Waals surface area contributed by atoms with Gasteiger partial charge in [0.1, 0.15) is 12.0 Å². The molecule has 2 aliphatic rings. The first kappa shape index (κ1) is 19.3. The summed E-state index contributed by atoms with van der Waals surface area (Å²) in [7, 11) is 0. The van der Waals surface area contributed by atoms with E-state index in [2.05, 4.69) is 44.1 Å². The number of rotatable bonds is 5. The molecular weight excluding hydrogens is 388 g/mol. The van der Waals surface area contributed by atoms with Crippen molar-refractivity contribution in [1.29, 1.82) is 0 Å². The van der Waals surface area contributed by atoms with Gasteiger partial charge >= 0.3 is 0 Å². The van der Waals surface area contributed by atoms with Crippen LogP contribution in [0.4, 0.5) is 0 Å². The fraction of sp³-hybridized carbons (Fsp3) is 0.167. The lowest BCUT2D eigenvalue weighted by Gasteiger charge is -2.35. The molecule has 2 aromatic carbocycles.